The summed E-state index contributed by atoms with van der Waals surface area (Å²) in [6.45, 7) is 4.65. The molecule has 1 heterocycles. The first-order chi connectivity index (χ1) is 7.59. The maximum atomic E-state index is 4.24. The summed E-state index contributed by atoms with van der Waals surface area (Å²) in [5.74, 6) is 1.77. The van der Waals surface area contributed by atoms with E-state index in [2.05, 4.69) is 34.4 Å². The van der Waals surface area contributed by atoms with Crippen molar-refractivity contribution in [2.45, 2.75) is 39.2 Å². The maximum Gasteiger partial charge on any atom is 0.131 e. The van der Waals surface area contributed by atoms with E-state index in [4.69, 9.17) is 0 Å². The Morgan fingerprint density at radius 3 is 2.69 bits per heavy atom. The molecular weight excluding hydrogens is 200 g/mol. The lowest BCUT2D eigenvalue weighted by Crippen LogP contribution is -2.18. The zero-order chi connectivity index (χ0) is 11.6. The molecule has 1 saturated carbocycles. The molecule has 0 bridgehead atoms. The predicted molar refractivity (Wildman–Crippen MR) is 66.6 cm³/mol. The molecule has 16 heavy (non-hydrogen) atoms. The molecule has 4 heteroatoms. The van der Waals surface area contributed by atoms with Crippen molar-refractivity contribution in [3.63, 3.8) is 0 Å². The summed E-state index contributed by atoms with van der Waals surface area (Å²) in [5.41, 5.74) is 0.469. The molecule has 1 fully saturated rings. The topological polar surface area (TPSA) is 49.8 Å². The molecule has 1 aliphatic rings. The number of nitrogens with zero attached hydrogens (tertiary/aromatic N) is 2. The minimum absolute atomic E-state index is 0.469. The van der Waals surface area contributed by atoms with Gasteiger partial charge in [-0.2, -0.15) is 0 Å². The smallest absolute Gasteiger partial charge is 0.131 e. The SMILES string of the molecule is CNc1cc(NC2CCC(C)(C)C2)ncn1. The first-order valence-corrected chi connectivity index (χ1v) is 5.85. The van der Waals surface area contributed by atoms with Crippen LogP contribution in [0.25, 0.3) is 0 Å². The Kier molecular flexibility index (Phi) is 2.99. The molecule has 2 N–H and O–H groups in total. The lowest BCUT2D eigenvalue weighted by atomic mass is 9.92. The zero-order valence-corrected chi connectivity index (χ0v) is 10.2. The van der Waals surface area contributed by atoms with E-state index in [1.165, 1.54) is 19.3 Å². The molecule has 0 saturated heterocycles. The van der Waals surface area contributed by atoms with Crippen molar-refractivity contribution in [3.8, 4) is 0 Å². The fraction of sp³-hybridized carbons (Fsp3) is 0.667. The highest BCUT2D eigenvalue weighted by molar-refractivity contribution is 5.46. The fourth-order valence-corrected chi connectivity index (χ4v) is 2.34. The van der Waals surface area contributed by atoms with Gasteiger partial charge in [0.15, 0.2) is 0 Å². The molecule has 4 nitrogen and oxygen atoms in total. The summed E-state index contributed by atoms with van der Waals surface area (Å²) < 4.78 is 0. The molecule has 1 aliphatic carbocycles. The van der Waals surface area contributed by atoms with Gasteiger partial charge in [0.05, 0.1) is 0 Å². The van der Waals surface area contributed by atoms with Crippen LogP contribution in [0.3, 0.4) is 0 Å². The van der Waals surface area contributed by atoms with Crippen LogP contribution in [0.2, 0.25) is 0 Å². The number of hydrogen-bond donors (Lipinski definition) is 2. The predicted octanol–water partition coefficient (Wildman–Crippen LogP) is 2.51. The monoisotopic (exact) mass is 220 g/mol. The van der Waals surface area contributed by atoms with Crippen molar-refractivity contribution in [1.82, 2.24) is 9.97 Å². The minimum atomic E-state index is 0.469. The molecule has 0 spiro atoms. The van der Waals surface area contributed by atoms with Crippen LogP contribution in [0.4, 0.5) is 11.6 Å². The Labute approximate surface area is 96.9 Å². The fourth-order valence-electron chi connectivity index (χ4n) is 2.34. The summed E-state index contributed by atoms with van der Waals surface area (Å²) in [6.07, 6.45) is 5.32. The molecule has 1 unspecified atom stereocenters. The van der Waals surface area contributed by atoms with Crippen molar-refractivity contribution in [3.05, 3.63) is 12.4 Å². The van der Waals surface area contributed by atoms with Crippen LogP contribution in [-0.2, 0) is 0 Å². The van der Waals surface area contributed by atoms with Gasteiger partial charge in [-0.1, -0.05) is 13.8 Å². The van der Waals surface area contributed by atoms with E-state index in [0.717, 1.165) is 11.6 Å². The van der Waals surface area contributed by atoms with Crippen molar-refractivity contribution in [1.29, 1.82) is 0 Å². The van der Waals surface area contributed by atoms with E-state index in [1.54, 1.807) is 6.33 Å². The van der Waals surface area contributed by atoms with E-state index < -0.39 is 0 Å². The zero-order valence-electron chi connectivity index (χ0n) is 10.2. The van der Waals surface area contributed by atoms with Crippen LogP contribution in [0, 0.1) is 5.41 Å². The van der Waals surface area contributed by atoms with E-state index in [9.17, 15) is 0 Å². The van der Waals surface area contributed by atoms with Gasteiger partial charge >= 0.3 is 0 Å². The van der Waals surface area contributed by atoms with Gasteiger partial charge in [0.2, 0.25) is 0 Å². The van der Waals surface area contributed by atoms with Gasteiger partial charge < -0.3 is 10.6 Å². The average molecular weight is 220 g/mol. The second-order valence-electron chi connectivity index (χ2n) is 5.29. The number of nitrogens with one attached hydrogen (secondary N) is 2. The number of rotatable bonds is 3. The molecule has 1 aromatic rings. The van der Waals surface area contributed by atoms with Gasteiger partial charge in [-0.05, 0) is 24.7 Å². The second kappa shape index (κ2) is 4.28. The highest BCUT2D eigenvalue weighted by Crippen LogP contribution is 2.38. The van der Waals surface area contributed by atoms with Crippen LogP contribution in [0.5, 0.6) is 0 Å². The normalized spacial score (nSPS) is 23.1. The minimum Gasteiger partial charge on any atom is -0.373 e. The van der Waals surface area contributed by atoms with Crippen molar-refractivity contribution in [2.75, 3.05) is 17.7 Å². The van der Waals surface area contributed by atoms with Crippen molar-refractivity contribution in [2.24, 2.45) is 5.41 Å². The third-order valence-electron chi connectivity index (χ3n) is 3.24. The van der Waals surface area contributed by atoms with E-state index in [-0.39, 0.29) is 0 Å². The summed E-state index contributed by atoms with van der Waals surface area (Å²) in [5, 5.41) is 6.50. The van der Waals surface area contributed by atoms with Crippen LogP contribution < -0.4 is 10.6 Å². The standard InChI is InChI=1S/C12H20N4/c1-12(2)5-4-9(7-12)16-11-6-10(13-3)14-8-15-11/h6,8-9H,4-5,7H2,1-3H3,(H2,13,14,15,16). The molecule has 2 rings (SSSR count). The molecule has 0 aliphatic heterocycles. The molecule has 1 atom stereocenters. The summed E-state index contributed by atoms with van der Waals surface area (Å²) in [6, 6.07) is 2.50. The lowest BCUT2D eigenvalue weighted by molar-refractivity contribution is 0.378. The highest BCUT2D eigenvalue weighted by atomic mass is 15.1. The largest absolute Gasteiger partial charge is 0.373 e. The van der Waals surface area contributed by atoms with E-state index >= 15 is 0 Å². The summed E-state index contributed by atoms with van der Waals surface area (Å²) >= 11 is 0. The molecule has 1 aromatic heterocycles. The number of anilines is 2. The van der Waals surface area contributed by atoms with Crippen LogP contribution in [-0.4, -0.2) is 23.1 Å². The van der Waals surface area contributed by atoms with Gasteiger partial charge in [-0.25, -0.2) is 9.97 Å². The maximum absolute atomic E-state index is 4.24. The molecule has 0 amide bonds. The average Bonchev–Trinajstić information content (AvgIpc) is 2.58. The quantitative estimate of drug-likeness (QED) is 0.821. The number of hydrogen-bond acceptors (Lipinski definition) is 4. The van der Waals surface area contributed by atoms with Gasteiger partial charge in [-0.15, -0.1) is 0 Å². The highest BCUT2D eigenvalue weighted by Gasteiger charge is 2.30. The van der Waals surface area contributed by atoms with E-state index in [0.29, 0.717) is 11.5 Å². The third kappa shape index (κ3) is 2.62. The molecule has 0 radical (unpaired) electrons. The Hall–Kier alpha value is -1.32. The molecular formula is C12H20N4. The number of aromatic nitrogens is 2. The first kappa shape index (κ1) is 11.2. The van der Waals surface area contributed by atoms with Gasteiger partial charge in [0.25, 0.3) is 0 Å². The molecule has 0 aromatic carbocycles. The Morgan fingerprint density at radius 1 is 1.31 bits per heavy atom. The second-order valence-corrected chi connectivity index (χ2v) is 5.29. The Morgan fingerprint density at radius 2 is 2.06 bits per heavy atom. The third-order valence-corrected chi connectivity index (χ3v) is 3.24. The van der Waals surface area contributed by atoms with Crippen LogP contribution >= 0.6 is 0 Å². The van der Waals surface area contributed by atoms with Gasteiger partial charge in [-0.3, -0.25) is 0 Å². The summed E-state index contributed by atoms with van der Waals surface area (Å²) in [7, 11) is 1.87. The van der Waals surface area contributed by atoms with E-state index in [1.807, 2.05) is 13.1 Å². The van der Waals surface area contributed by atoms with Crippen LogP contribution in [0.15, 0.2) is 12.4 Å². The first-order valence-electron chi connectivity index (χ1n) is 5.85. The van der Waals surface area contributed by atoms with Crippen molar-refractivity contribution >= 4 is 11.6 Å². The van der Waals surface area contributed by atoms with Crippen LogP contribution in [0.1, 0.15) is 33.1 Å². The Balaban J connectivity index is 1.99. The lowest BCUT2D eigenvalue weighted by Gasteiger charge is -2.18. The van der Waals surface area contributed by atoms with Gasteiger partial charge in [0, 0.05) is 19.2 Å². The Bertz CT molecular complexity index is 362. The molecule has 88 valence electrons. The van der Waals surface area contributed by atoms with Gasteiger partial charge in [0.1, 0.15) is 18.0 Å². The van der Waals surface area contributed by atoms with Crippen molar-refractivity contribution < 1.29 is 0 Å². The summed E-state index contributed by atoms with van der Waals surface area (Å²) in [4.78, 5) is 8.34.